The molecule has 16 heavy (non-hydrogen) atoms. The monoisotopic (exact) mass is 271 g/mol. The first-order chi connectivity index (χ1) is 6.81. The lowest BCUT2D eigenvalue weighted by atomic mass is 10.0. The van der Waals surface area contributed by atoms with Crippen molar-refractivity contribution in [2.45, 2.75) is 84.1 Å². The topological polar surface area (TPSA) is 26.0 Å². The van der Waals surface area contributed by atoms with Crippen LogP contribution < -0.4 is 5.73 Å². The second kappa shape index (κ2) is 17.9. The molecule has 0 aliphatic heterocycles. The molecule has 1 nitrogen and oxygen atoms in total. The lowest BCUT2D eigenvalue weighted by Gasteiger charge is -2.10. The summed E-state index contributed by atoms with van der Waals surface area (Å²) in [6, 6.07) is 0.473. The summed E-state index contributed by atoms with van der Waals surface area (Å²) in [5.41, 5.74) is 6.00. The summed E-state index contributed by atoms with van der Waals surface area (Å²) >= 11 is 0. The van der Waals surface area contributed by atoms with E-state index in [4.69, 9.17) is 5.73 Å². The molecule has 0 fully saturated rings. The number of unbranched alkanes of at least 4 members (excludes halogenated alkanes) is 6. The summed E-state index contributed by atoms with van der Waals surface area (Å²) < 4.78 is 0. The average Bonchev–Trinajstić information content (AvgIpc) is 2.20. The van der Waals surface area contributed by atoms with Gasteiger partial charge >= 0.3 is 0 Å². The van der Waals surface area contributed by atoms with Gasteiger partial charge in [-0.05, 0) is 12.8 Å². The van der Waals surface area contributed by atoms with Crippen LogP contribution in [0.1, 0.15) is 78.1 Å². The molecule has 1 atom stereocenters. The minimum absolute atomic E-state index is 0. The number of halogens is 2. The number of hydrogen-bond acceptors (Lipinski definition) is 1. The first kappa shape index (κ1) is 21.8. The normalized spacial score (nSPS) is 11.4. The van der Waals surface area contributed by atoms with Crippen molar-refractivity contribution in [2.75, 3.05) is 0 Å². The zero-order chi connectivity index (χ0) is 10.6. The molecule has 0 saturated heterocycles. The molecule has 0 bridgehead atoms. The van der Waals surface area contributed by atoms with Gasteiger partial charge in [-0.1, -0.05) is 65.2 Å². The van der Waals surface area contributed by atoms with E-state index in [9.17, 15) is 0 Å². The molecule has 0 aromatic heterocycles. The van der Waals surface area contributed by atoms with E-state index in [-0.39, 0.29) is 24.8 Å². The molecule has 0 amide bonds. The van der Waals surface area contributed by atoms with Gasteiger partial charge in [0.05, 0.1) is 0 Å². The number of nitrogens with two attached hydrogens (primary N) is 1. The fourth-order valence-corrected chi connectivity index (χ4v) is 1.80. The molecule has 2 N–H and O–H groups in total. The van der Waals surface area contributed by atoms with Gasteiger partial charge in [0, 0.05) is 6.04 Å². The highest BCUT2D eigenvalue weighted by atomic mass is 35.5. The van der Waals surface area contributed by atoms with Crippen molar-refractivity contribution in [3.8, 4) is 0 Å². The van der Waals surface area contributed by atoms with E-state index in [0.717, 1.165) is 0 Å². The molecule has 0 radical (unpaired) electrons. The first-order valence-electron chi connectivity index (χ1n) is 6.56. The summed E-state index contributed by atoms with van der Waals surface area (Å²) in [5.74, 6) is 0. The Morgan fingerprint density at radius 2 is 1.12 bits per heavy atom. The van der Waals surface area contributed by atoms with Gasteiger partial charge in [-0.25, -0.2) is 0 Å². The molecule has 0 aliphatic carbocycles. The highest BCUT2D eigenvalue weighted by Gasteiger charge is 2.00. The average molecular weight is 272 g/mol. The lowest BCUT2D eigenvalue weighted by Crippen LogP contribution is -2.19. The molecule has 0 heterocycles. The van der Waals surface area contributed by atoms with Gasteiger partial charge in [-0.3, -0.25) is 0 Å². The molecule has 0 spiro atoms. The Bertz CT molecular complexity index is 110. The zero-order valence-corrected chi connectivity index (χ0v) is 12.7. The van der Waals surface area contributed by atoms with Crippen LogP contribution in [0.25, 0.3) is 0 Å². The summed E-state index contributed by atoms with van der Waals surface area (Å²) in [6.45, 7) is 4.50. The van der Waals surface area contributed by atoms with Crippen LogP contribution in [0.5, 0.6) is 0 Å². The quantitative estimate of drug-likeness (QED) is 0.550. The fourth-order valence-electron chi connectivity index (χ4n) is 1.80. The van der Waals surface area contributed by atoms with E-state index in [2.05, 4.69) is 13.8 Å². The molecule has 0 aromatic carbocycles. The van der Waals surface area contributed by atoms with Crippen molar-refractivity contribution in [3.05, 3.63) is 0 Å². The van der Waals surface area contributed by atoms with Gasteiger partial charge < -0.3 is 5.73 Å². The largest absolute Gasteiger partial charge is 0.328 e. The van der Waals surface area contributed by atoms with Crippen LogP contribution in [0, 0.1) is 0 Å². The smallest absolute Gasteiger partial charge is 0.00388 e. The van der Waals surface area contributed by atoms with Crippen LogP contribution in [-0.4, -0.2) is 6.04 Å². The first-order valence-corrected chi connectivity index (χ1v) is 6.56. The molecule has 0 rings (SSSR count). The second-order valence-corrected chi connectivity index (χ2v) is 4.46. The zero-order valence-electron chi connectivity index (χ0n) is 11.0. The Balaban J connectivity index is -0.000000845. The maximum atomic E-state index is 6.00. The van der Waals surface area contributed by atoms with E-state index in [0.29, 0.717) is 6.04 Å². The van der Waals surface area contributed by atoms with Crippen LogP contribution >= 0.6 is 24.8 Å². The summed E-state index contributed by atoms with van der Waals surface area (Å²) in [6.07, 6.45) is 13.4. The Morgan fingerprint density at radius 1 is 0.688 bits per heavy atom. The standard InChI is InChI=1S/C13H29N.2ClH/c1-3-5-7-8-9-10-12-13(14)11-6-4-2;;/h13H,3-12,14H2,1-2H3;2*1H. The molecular weight excluding hydrogens is 241 g/mol. The molecule has 0 aliphatic rings. The fraction of sp³-hybridized carbons (Fsp3) is 1.00. The summed E-state index contributed by atoms with van der Waals surface area (Å²) in [5, 5.41) is 0. The van der Waals surface area contributed by atoms with Crippen molar-refractivity contribution in [2.24, 2.45) is 5.73 Å². The highest BCUT2D eigenvalue weighted by molar-refractivity contribution is 5.85. The minimum atomic E-state index is 0. The lowest BCUT2D eigenvalue weighted by molar-refractivity contribution is 0.498. The maximum absolute atomic E-state index is 6.00. The Kier molecular flexibility index (Phi) is 24.4. The van der Waals surface area contributed by atoms with Crippen LogP contribution in [0.3, 0.4) is 0 Å². The molecule has 3 heteroatoms. The molecule has 0 saturated carbocycles. The summed E-state index contributed by atoms with van der Waals surface area (Å²) in [7, 11) is 0. The Morgan fingerprint density at radius 3 is 1.69 bits per heavy atom. The maximum Gasteiger partial charge on any atom is 0.00388 e. The predicted octanol–water partition coefficient (Wildman–Crippen LogP) is 5.10. The number of hydrogen-bond donors (Lipinski definition) is 1. The SMILES string of the molecule is CCCCCCCCC(N)CCCC.Cl.Cl. The van der Waals surface area contributed by atoms with Gasteiger partial charge in [-0.2, -0.15) is 0 Å². The molecular formula is C13H31Cl2N. The predicted molar refractivity (Wildman–Crippen MR) is 80.0 cm³/mol. The van der Waals surface area contributed by atoms with Crippen LogP contribution in [-0.2, 0) is 0 Å². The molecule has 0 aromatic rings. The van der Waals surface area contributed by atoms with Crippen molar-refractivity contribution < 1.29 is 0 Å². The second-order valence-electron chi connectivity index (χ2n) is 4.46. The van der Waals surface area contributed by atoms with Gasteiger partial charge in [0.25, 0.3) is 0 Å². The third-order valence-electron chi connectivity index (χ3n) is 2.86. The van der Waals surface area contributed by atoms with E-state index in [1.165, 1.54) is 64.2 Å². The van der Waals surface area contributed by atoms with Crippen molar-refractivity contribution in [1.29, 1.82) is 0 Å². The third-order valence-corrected chi connectivity index (χ3v) is 2.86. The highest BCUT2D eigenvalue weighted by Crippen LogP contribution is 2.10. The molecule has 1 unspecified atom stereocenters. The van der Waals surface area contributed by atoms with Gasteiger partial charge in [0.2, 0.25) is 0 Å². The third kappa shape index (κ3) is 17.0. The van der Waals surface area contributed by atoms with Crippen molar-refractivity contribution in [1.82, 2.24) is 0 Å². The van der Waals surface area contributed by atoms with Crippen LogP contribution in [0.2, 0.25) is 0 Å². The Hall–Kier alpha value is 0.540. The van der Waals surface area contributed by atoms with Crippen molar-refractivity contribution >= 4 is 24.8 Å². The minimum Gasteiger partial charge on any atom is -0.328 e. The van der Waals surface area contributed by atoms with Crippen LogP contribution in [0.15, 0.2) is 0 Å². The van der Waals surface area contributed by atoms with E-state index < -0.39 is 0 Å². The van der Waals surface area contributed by atoms with E-state index in [1.54, 1.807) is 0 Å². The molecule has 102 valence electrons. The van der Waals surface area contributed by atoms with Gasteiger partial charge in [-0.15, -0.1) is 24.8 Å². The summed E-state index contributed by atoms with van der Waals surface area (Å²) in [4.78, 5) is 0. The van der Waals surface area contributed by atoms with Crippen molar-refractivity contribution in [3.63, 3.8) is 0 Å². The van der Waals surface area contributed by atoms with E-state index in [1.807, 2.05) is 0 Å². The number of rotatable bonds is 10. The van der Waals surface area contributed by atoms with Gasteiger partial charge in [0.15, 0.2) is 0 Å². The van der Waals surface area contributed by atoms with Crippen LogP contribution in [0.4, 0.5) is 0 Å². The van der Waals surface area contributed by atoms with Gasteiger partial charge in [0.1, 0.15) is 0 Å². The Labute approximate surface area is 115 Å². The van der Waals surface area contributed by atoms with E-state index >= 15 is 0 Å².